The highest BCUT2D eigenvalue weighted by molar-refractivity contribution is 6.06. The summed E-state index contributed by atoms with van der Waals surface area (Å²) in [4.78, 5) is 14.6. The Bertz CT molecular complexity index is 737. The summed E-state index contributed by atoms with van der Waals surface area (Å²) in [5.74, 6) is -0.544. The third-order valence-electron chi connectivity index (χ3n) is 4.14. The number of carbonyl (C=O) groups excluding carboxylic acids is 1. The summed E-state index contributed by atoms with van der Waals surface area (Å²) in [5, 5.41) is 12.5. The van der Waals surface area contributed by atoms with Crippen molar-refractivity contribution < 1.29 is 4.79 Å². The van der Waals surface area contributed by atoms with Gasteiger partial charge < -0.3 is 10.2 Å². The fourth-order valence-corrected chi connectivity index (χ4v) is 2.57. The number of hydrogen-bond donors (Lipinski definition) is 1. The van der Waals surface area contributed by atoms with Gasteiger partial charge in [0.1, 0.15) is 6.07 Å². The topological polar surface area (TPSA) is 56.1 Å². The number of nitrogens with one attached hydrogen (secondary N) is 1. The van der Waals surface area contributed by atoms with Crippen molar-refractivity contribution in [3.8, 4) is 6.07 Å². The van der Waals surface area contributed by atoms with Crippen LogP contribution in [0.3, 0.4) is 0 Å². The Hall–Kier alpha value is -2.64. The van der Waals surface area contributed by atoms with Gasteiger partial charge in [0.05, 0.1) is 11.5 Å². The highest BCUT2D eigenvalue weighted by atomic mass is 16.1. The first-order valence-electron chi connectivity index (χ1n) is 7.94. The maximum atomic E-state index is 12.6. The number of nitriles is 1. The molecule has 0 atom stereocenters. The third-order valence-corrected chi connectivity index (χ3v) is 4.14. The number of nitrogens with zero attached hydrogens (tertiary/aromatic N) is 2. The molecule has 0 saturated carbocycles. The minimum atomic E-state index is -0.373. The molecule has 0 spiro atoms. The van der Waals surface area contributed by atoms with Crippen molar-refractivity contribution in [3.05, 3.63) is 59.2 Å². The fourth-order valence-electron chi connectivity index (χ4n) is 2.57. The Labute approximate surface area is 143 Å². The molecule has 0 unspecified atom stereocenters. The number of allylic oxidation sites excluding steroid dienone is 3. The van der Waals surface area contributed by atoms with E-state index in [-0.39, 0.29) is 23.3 Å². The van der Waals surface area contributed by atoms with E-state index in [1.165, 1.54) is 0 Å². The molecule has 4 nitrogen and oxygen atoms in total. The largest absolute Gasteiger partial charge is 0.378 e. The van der Waals surface area contributed by atoms with E-state index < -0.39 is 0 Å². The summed E-state index contributed by atoms with van der Waals surface area (Å²) in [6.45, 7) is 1.98. The number of hydrogen-bond acceptors (Lipinski definition) is 4. The molecule has 0 radical (unpaired) electrons. The lowest BCUT2D eigenvalue weighted by Gasteiger charge is -2.16. The lowest BCUT2D eigenvalue weighted by molar-refractivity contribution is -0.116. The number of carbonyl (C=O) groups is 1. The third kappa shape index (κ3) is 4.01. The molecular formula is C20H23N3O. The van der Waals surface area contributed by atoms with Crippen LogP contribution >= 0.6 is 0 Å². The lowest BCUT2D eigenvalue weighted by atomic mass is 9.91. The van der Waals surface area contributed by atoms with Crippen LogP contribution < -0.4 is 10.2 Å². The van der Waals surface area contributed by atoms with Gasteiger partial charge in [0.2, 0.25) is 0 Å². The molecule has 124 valence electrons. The van der Waals surface area contributed by atoms with Crippen LogP contribution in [0.15, 0.2) is 48.1 Å². The number of ketones is 1. The second kappa shape index (κ2) is 7.76. The van der Waals surface area contributed by atoms with Crippen LogP contribution in [-0.2, 0) is 4.79 Å². The van der Waals surface area contributed by atoms with Crippen LogP contribution in [-0.4, -0.2) is 33.0 Å². The van der Waals surface area contributed by atoms with E-state index in [1.807, 2.05) is 75.5 Å². The van der Waals surface area contributed by atoms with Gasteiger partial charge in [-0.2, -0.15) is 5.26 Å². The molecule has 0 fully saturated rings. The van der Waals surface area contributed by atoms with Crippen molar-refractivity contribution in [2.75, 3.05) is 26.0 Å². The number of aryl methyl sites for hydroxylation is 1. The van der Waals surface area contributed by atoms with E-state index in [9.17, 15) is 10.1 Å². The quantitative estimate of drug-likeness (QED) is 0.515. The first-order chi connectivity index (χ1) is 11.5. The number of anilines is 1. The van der Waals surface area contributed by atoms with Crippen molar-refractivity contribution in [2.45, 2.75) is 13.0 Å². The molecule has 1 aromatic rings. The second-order valence-corrected chi connectivity index (χ2v) is 6.08. The molecule has 0 heterocycles. The Kier molecular flexibility index (Phi) is 5.73. The minimum absolute atomic E-state index is 0.143. The number of rotatable bonds is 5. The number of likely N-dealkylation sites (N-methyl/N-ethyl adjacent to an activating group) is 1. The normalized spacial score (nSPS) is 19.9. The van der Waals surface area contributed by atoms with Crippen molar-refractivity contribution in [1.82, 2.24) is 5.32 Å². The average molecular weight is 321 g/mol. The van der Waals surface area contributed by atoms with Gasteiger partial charge in [-0.05, 0) is 43.3 Å². The molecule has 0 aromatic heterocycles. The van der Waals surface area contributed by atoms with E-state index in [0.717, 1.165) is 16.8 Å². The molecule has 0 aliphatic heterocycles. The van der Waals surface area contributed by atoms with E-state index in [2.05, 4.69) is 11.4 Å². The van der Waals surface area contributed by atoms with Gasteiger partial charge >= 0.3 is 0 Å². The van der Waals surface area contributed by atoms with Crippen LogP contribution in [0.1, 0.15) is 11.1 Å². The predicted molar refractivity (Wildman–Crippen MR) is 98.7 cm³/mol. The lowest BCUT2D eigenvalue weighted by Crippen LogP contribution is -2.24. The van der Waals surface area contributed by atoms with Gasteiger partial charge in [-0.1, -0.05) is 30.4 Å². The van der Waals surface area contributed by atoms with Crippen molar-refractivity contribution in [2.24, 2.45) is 5.92 Å². The van der Waals surface area contributed by atoms with E-state index in [1.54, 1.807) is 6.08 Å². The van der Waals surface area contributed by atoms with Crippen LogP contribution in [0, 0.1) is 24.2 Å². The maximum Gasteiger partial charge on any atom is 0.183 e. The van der Waals surface area contributed by atoms with Gasteiger partial charge in [-0.15, -0.1) is 0 Å². The van der Waals surface area contributed by atoms with Crippen LogP contribution in [0.5, 0.6) is 0 Å². The van der Waals surface area contributed by atoms with Gasteiger partial charge in [-0.3, -0.25) is 4.79 Å². The number of Topliss-reactive ketones (excluding diaryl/α,β-unsaturated/α-hetero) is 1. The average Bonchev–Trinajstić information content (AvgIpc) is 2.60. The molecule has 1 aliphatic carbocycles. The van der Waals surface area contributed by atoms with E-state index in [0.29, 0.717) is 0 Å². The van der Waals surface area contributed by atoms with E-state index in [4.69, 9.17) is 0 Å². The first kappa shape index (κ1) is 17.7. The molecule has 2 rings (SSSR count). The minimum Gasteiger partial charge on any atom is -0.378 e. The summed E-state index contributed by atoms with van der Waals surface area (Å²) < 4.78 is 0. The smallest absolute Gasteiger partial charge is 0.183 e. The predicted octanol–water partition coefficient (Wildman–Crippen LogP) is 2.87. The molecule has 0 bridgehead atoms. The first-order valence-corrected chi connectivity index (χ1v) is 7.94. The zero-order valence-electron chi connectivity index (χ0n) is 14.6. The zero-order chi connectivity index (χ0) is 17.7. The van der Waals surface area contributed by atoms with Crippen LogP contribution in [0.4, 0.5) is 5.69 Å². The Morgan fingerprint density at radius 2 is 1.92 bits per heavy atom. The highest BCUT2D eigenvalue weighted by Crippen LogP contribution is 2.22. The van der Waals surface area contributed by atoms with Crippen LogP contribution in [0.25, 0.3) is 6.08 Å². The van der Waals surface area contributed by atoms with Crippen molar-refractivity contribution in [3.63, 3.8) is 0 Å². The van der Waals surface area contributed by atoms with Crippen molar-refractivity contribution in [1.29, 1.82) is 5.26 Å². The van der Waals surface area contributed by atoms with Gasteiger partial charge in [0.25, 0.3) is 0 Å². The summed E-state index contributed by atoms with van der Waals surface area (Å²) in [6, 6.07) is 8.17. The summed E-state index contributed by atoms with van der Waals surface area (Å²) in [7, 11) is 5.83. The Morgan fingerprint density at radius 3 is 2.42 bits per heavy atom. The monoisotopic (exact) mass is 321 g/mol. The zero-order valence-corrected chi connectivity index (χ0v) is 14.6. The maximum absolute atomic E-state index is 12.6. The van der Waals surface area contributed by atoms with Crippen LogP contribution in [0.2, 0.25) is 0 Å². The molecule has 1 aliphatic rings. The highest BCUT2D eigenvalue weighted by Gasteiger charge is 2.20. The Morgan fingerprint density at radius 1 is 1.25 bits per heavy atom. The summed E-state index contributed by atoms with van der Waals surface area (Å²) in [6.07, 6.45) is 9.25. The molecule has 4 heteroatoms. The molecule has 24 heavy (non-hydrogen) atoms. The van der Waals surface area contributed by atoms with E-state index >= 15 is 0 Å². The SMILES string of the molecule is CNC1C=CC(C(=O)/C(C#N)=C\c2ccc(N(C)C)cc2C)C=C1. The fraction of sp³-hybridized carbons (Fsp3) is 0.300. The van der Waals surface area contributed by atoms with Crippen molar-refractivity contribution >= 4 is 17.5 Å². The molecule has 0 saturated heterocycles. The standard InChI is InChI=1S/C20H23N3O/c1-14-11-19(23(3)4)10-7-16(14)12-17(13-21)20(24)15-5-8-18(22-2)9-6-15/h5-12,15,18,22H,1-4H3/b17-12-. The molecule has 1 N–H and O–H groups in total. The van der Waals surface area contributed by atoms with Gasteiger partial charge in [-0.25, -0.2) is 0 Å². The van der Waals surface area contributed by atoms with Gasteiger partial charge in [0, 0.05) is 25.8 Å². The molecule has 0 amide bonds. The molecule has 1 aromatic carbocycles. The number of benzene rings is 1. The Balaban J connectivity index is 2.25. The summed E-state index contributed by atoms with van der Waals surface area (Å²) in [5.41, 5.74) is 3.19. The second-order valence-electron chi connectivity index (χ2n) is 6.08. The molecular weight excluding hydrogens is 298 g/mol. The van der Waals surface area contributed by atoms with Gasteiger partial charge in [0.15, 0.2) is 5.78 Å². The summed E-state index contributed by atoms with van der Waals surface area (Å²) >= 11 is 0.